The van der Waals surface area contributed by atoms with Crippen LogP contribution in [-0.4, -0.2) is 51.2 Å². The van der Waals surface area contributed by atoms with Gasteiger partial charge in [0.05, 0.1) is 24.3 Å². The number of aromatic nitrogens is 5. The number of nitrogens with zero attached hydrogens (tertiary/aromatic N) is 6. The van der Waals surface area contributed by atoms with E-state index in [0.717, 1.165) is 41.2 Å². The van der Waals surface area contributed by atoms with Gasteiger partial charge in [-0.15, -0.1) is 0 Å². The summed E-state index contributed by atoms with van der Waals surface area (Å²) in [5.41, 5.74) is 9.16. The predicted octanol–water partition coefficient (Wildman–Crippen LogP) is 1.78. The molecule has 0 amide bonds. The van der Waals surface area contributed by atoms with Crippen molar-refractivity contribution in [2.75, 3.05) is 36.9 Å². The maximum Gasteiger partial charge on any atom is 0.219 e. The Balaban J connectivity index is 1.67. The van der Waals surface area contributed by atoms with E-state index >= 15 is 0 Å². The molecule has 1 aliphatic carbocycles. The lowest BCUT2D eigenvalue weighted by molar-refractivity contribution is 0.122. The normalized spacial score (nSPS) is 17.6. The third-order valence-electron chi connectivity index (χ3n) is 4.78. The predicted molar refractivity (Wildman–Crippen MR) is 97.8 cm³/mol. The lowest BCUT2D eigenvalue weighted by atomic mass is 10.2. The number of hydrogen-bond donors (Lipinski definition) is 1. The molecular weight excluding hydrogens is 330 g/mol. The van der Waals surface area contributed by atoms with Crippen LogP contribution in [0, 0.1) is 0 Å². The van der Waals surface area contributed by atoms with Crippen LogP contribution in [0.25, 0.3) is 22.4 Å². The Labute approximate surface area is 150 Å². The Bertz CT molecular complexity index is 950. The smallest absolute Gasteiger partial charge is 0.219 e. The van der Waals surface area contributed by atoms with Gasteiger partial charge in [-0.05, 0) is 25.0 Å². The van der Waals surface area contributed by atoms with E-state index in [4.69, 9.17) is 25.4 Å². The van der Waals surface area contributed by atoms with Gasteiger partial charge in [-0.25, -0.2) is 24.9 Å². The molecule has 2 N–H and O–H groups in total. The van der Waals surface area contributed by atoms with Gasteiger partial charge in [-0.2, -0.15) is 0 Å². The summed E-state index contributed by atoms with van der Waals surface area (Å²) >= 11 is 0. The molecule has 8 nitrogen and oxygen atoms in total. The van der Waals surface area contributed by atoms with Crippen molar-refractivity contribution in [1.29, 1.82) is 0 Å². The number of fused-ring (bicyclic) bond motifs is 1. The summed E-state index contributed by atoms with van der Waals surface area (Å²) in [7, 11) is 0. The van der Waals surface area contributed by atoms with Gasteiger partial charge in [0.1, 0.15) is 5.52 Å². The van der Waals surface area contributed by atoms with E-state index < -0.39 is 0 Å². The average Bonchev–Trinajstić information content (AvgIpc) is 3.53. The van der Waals surface area contributed by atoms with Crippen LogP contribution in [0.5, 0.6) is 0 Å². The summed E-state index contributed by atoms with van der Waals surface area (Å²) in [6.07, 6.45) is 5.73. The van der Waals surface area contributed by atoms with Crippen molar-refractivity contribution in [3.63, 3.8) is 0 Å². The highest BCUT2D eigenvalue weighted by Gasteiger charge is 2.26. The van der Waals surface area contributed by atoms with Crippen LogP contribution in [0.3, 0.4) is 0 Å². The van der Waals surface area contributed by atoms with Crippen LogP contribution in [0.15, 0.2) is 24.5 Å². The molecule has 0 spiro atoms. The first kappa shape index (κ1) is 15.4. The number of nitrogen functional groups attached to an aromatic ring is 1. The SMILES string of the molecule is Nc1ncc(-c2nc(N3CCOCC3)c3nc(C4CC4)ccc3n2)cn1. The fourth-order valence-electron chi connectivity index (χ4n) is 3.20. The maximum absolute atomic E-state index is 5.60. The second-order valence-electron chi connectivity index (χ2n) is 6.68. The second-order valence-corrected chi connectivity index (χ2v) is 6.68. The van der Waals surface area contributed by atoms with Crippen LogP contribution >= 0.6 is 0 Å². The minimum Gasteiger partial charge on any atom is -0.378 e. The molecule has 0 aromatic carbocycles. The zero-order valence-corrected chi connectivity index (χ0v) is 14.3. The molecule has 1 aliphatic heterocycles. The Morgan fingerprint density at radius 3 is 2.50 bits per heavy atom. The lowest BCUT2D eigenvalue weighted by Crippen LogP contribution is -2.37. The van der Waals surface area contributed by atoms with Crippen LogP contribution in [0.2, 0.25) is 0 Å². The summed E-state index contributed by atoms with van der Waals surface area (Å²) in [6.45, 7) is 2.96. The molecule has 3 aromatic rings. The van der Waals surface area contributed by atoms with Gasteiger partial charge in [0, 0.05) is 37.1 Å². The standard InChI is InChI=1S/C18H19N7O/c19-18-20-9-12(10-21-18)16-23-14-4-3-13(11-1-2-11)22-15(14)17(24-16)25-5-7-26-8-6-25/h3-4,9-11H,1-2,5-8H2,(H2,19,20,21). The number of morpholine rings is 1. The van der Waals surface area contributed by atoms with Gasteiger partial charge in [0.25, 0.3) is 0 Å². The molecule has 5 rings (SSSR count). The number of nitrogens with two attached hydrogens (primary N) is 1. The molecule has 0 bridgehead atoms. The monoisotopic (exact) mass is 349 g/mol. The van der Waals surface area contributed by atoms with E-state index in [-0.39, 0.29) is 5.95 Å². The van der Waals surface area contributed by atoms with E-state index in [9.17, 15) is 0 Å². The van der Waals surface area contributed by atoms with Crippen molar-refractivity contribution in [3.05, 3.63) is 30.2 Å². The quantitative estimate of drug-likeness (QED) is 0.763. The number of hydrogen-bond acceptors (Lipinski definition) is 8. The highest BCUT2D eigenvalue weighted by Crippen LogP contribution is 2.40. The minimum atomic E-state index is 0.235. The van der Waals surface area contributed by atoms with Crippen molar-refractivity contribution in [3.8, 4) is 11.4 Å². The lowest BCUT2D eigenvalue weighted by Gasteiger charge is -2.28. The molecule has 3 aromatic heterocycles. The molecule has 0 unspecified atom stereocenters. The van der Waals surface area contributed by atoms with E-state index in [0.29, 0.717) is 25.0 Å². The molecule has 0 atom stereocenters. The molecule has 132 valence electrons. The highest BCUT2D eigenvalue weighted by molar-refractivity contribution is 5.87. The highest BCUT2D eigenvalue weighted by atomic mass is 16.5. The maximum atomic E-state index is 5.60. The fraction of sp³-hybridized carbons (Fsp3) is 0.389. The van der Waals surface area contributed by atoms with Crippen molar-refractivity contribution < 1.29 is 4.74 Å². The van der Waals surface area contributed by atoms with Crippen LogP contribution in [0.4, 0.5) is 11.8 Å². The first-order valence-electron chi connectivity index (χ1n) is 8.87. The minimum absolute atomic E-state index is 0.235. The van der Waals surface area contributed by atoms with Gasteiger partial charge in [-0.1, -0.05) is 0 Å². The molecule has 1 saturated carbocycles. The summed E-state index contributed by atoms with van der Waals surface area (Å²) in [5.74, 6) is 2.26. The Morgan fingerprint density at radius 2 is 1.77 bits per heavy atom. The number of ether oxygens (including phenoxy) is 1. The molecule has 8 heteroatoms. The van der Waals surface area contributed by atoms with Crippen LogP contribution in [0.1, 0.15) is 24.5 Å². The summed E-state index contributed by atoms with van der Waals surface area (Å²) in [5, 5.41) is 0. The van der Waals surface area contributed by atoms with E-state index in [1.807, 2.05) is 6.07 Å². The molecule has 2 aliphatic rings. The Hall–Kier alpha value is -2.87. The zero-order chi connectivity index (χ0) is 17.5. The first-order chi connectivity index (χ1) is 12.8. The van der Waals surface area contributed by atoms with E-state index in [1.165, 1.54) is 12.8 Å². The van der Waals surface area contributed by atoms with Gasteiger partial charge in [-0.3, -0.25) is 0 Å². The molecule has 1 saturated heterocycles. The second kappa shape index (κ2) is 6.14. The van der Waals surface area contributed by atoms with Gasteiger partial charge < -0.3 is 15.4 Å². The van der Waals surface area contributed by atoms with Gasteiger partial charge in [0.15, 0.2) is 11.6 Å². The topological polar surface area (TPSA) is 103 Å². The van der Waals surface area contributed by atoms with Crippen LogP contribution in [-0.2, 0) is 4.74 Å². The number of pyridine rings is 1. The summed E-state index contributed by atoms with van der Waals surface area (Å²) in [4.78, 5) is 24.8. The molecular formula is C18H19N7O. The Morgan fingerprint density at radius 1 is 1.00 bits per heavy atom. The van der Waals surface area contributed by atoms with Gasteiger partial charge in [0.2, 0.25) is 5.95 Å². The molecule has 2 fully saturated rings. The van der Waals surface area contributed by atoms with Crippen molar-refractivity contribution >= 4 is 22.8 Å². The number of rotatable bonds is 3. The van der Waals surface area contributed by atoms with Crippen molar-refractivity contribution in [2.24, 2.45) is 0 Å². The largest absolute Gasteiger partial charge is 0.378 e. The molecule has 4 heterocycles. The first-order valence-corrected chi connectivity index (χ1v) is 8.87. The third kappa shape index (κ3) is 2.82. The van der Waals surface area contributed by atoms with E-state index in [2.05, 4.69) is 20.9 Å². The summed E-state index contributed by atoms with van der Waals surface area (Å²) in [6, 6.07) is 4.13. The Kier molecular flexibility index (Phi) is 3.63. The van der Waals surface area contributed by atoms with Gasteiger partial charge >= 0.3 is 0 Å². The third-order valence-corrected chi connectivity index (χ3v) is 4.78. The van der Waals surface area contributed by atoms with E-state index in [1.54, 1.807) is 12.4 Å². The van der Waals surface area contributed by atoms with Crippen LogP contribution < -0.4 is 10.6 Å². The van der Waals surface area contributed by atoms with Crippen molar-refractivity contribution in [1.82, 2.24) is 24.9 Å². The van der Waals surface area contributed by atoms with Crippen molar-refractivity contribution in [2.45, 2.75) is 18.8 Å². The number of anilines is 2. The zero-order valence-electron chi connectivity index (χ0n) is 14.3. The summed E-state index contributed by atoms with van der Waals surface area (Å²) < 4.78 is 5.49. The average molecular weight is 349 g/mol. The fourth-order valence-corrected chi connectivity index (χ4v) is 3.20. The molecule has 0 radical (unpaired) electrons. The molecule has 26 heavy (non-hydrogen) atoms.